The van der Waals surface area contributed by atoms with Crippen LogP contribution in [0.15, 0.2) is 17.2 Å². The number of methoxy groups -OCH3 is 1. The maximum atomic E-state index is 12.4. The van der Waals surface area contributed by atoms with Gasteiger partial charge in [0.15, 0.2) is 0 Å². The average molecular weight is 302 g/mol. The molecule has 0 saturated carbocycles. The van der Waals surface area contributed by atoms with Crippen molar-refractivity contribution in [1.29, 1.82) is 0 Å². The zero-order valence-electron chi connectivity index (χ0n) is 11.2. The molecule has 1 aliphatic heterocycles. The number of hydrogen-bond acceptors (Lipinski definition) is 4. The Hall–Kier alpha value is -1.38. The van der Waals surface area contributed by atoms with Crippen LogP contribution in [-0.2, 0) is 14.8 Å². The molecule has 20 heavy (non-hydrogen) atoms. The summed E-state index contributed by atoms with van der Waals surface area (Å²) in [5.74, 6) is -0.997. The molecule has 0 aromatic carbocycles. The fourth-order valence-electron chi connectivity index (χ4n) is 2.41. The molecule has 1 saturated heterocycles. The standard InChI is InChI=1S/C12H18N2O5S/c1-19-8-9-3-2-4-14(7-9)20(17,18)10-5-11(12(15)16)13-6-10/h5-6,9,13H,2-4,7-8H2,1H3,(H,15,16). The van der Waals surface area contributed by atoms with Crippen molar-refractivity contribution in [1.82, 2.24) is 9.29 Å². The fourth-order valence-corrected chi connectivity index (χ4v) is 3.96. The number of sulfonamides is 1. The van der Waals surface area contributed by atoms with E-state index < -0.39 is 16.0 Å². The third kappa shape index (κ3) is 3.02. The molecule has 1 aromatic rings. The van der Waals surface area contributed by atoms with Crippen LogP contribution in [0.25, 0.3) is 0 Å². The highest BCUT2D eigenvalue weighted by atomic mass is 32.2. The largest absolute Gasteiger partial charge is 0.477 e. The number of ether oxygens (including phenoxy) is 1. The van der Waals surface area contributed by atoms with E-state index in [0.717, 1.165) is 18.9 Å². The van der Waals surface area contributed by atoms with Gasteiger partial charge < -0.3 is 14.8 Å². The Kier molecular flexibility index (Phi) is 4.46. The predicted molar refractivity (Wildman–Crippen MR) is 71.1 cm³/mol. The first-order valence-electron chi connectivity index (χ1n) is 6.36. The van der Waals surface area contributed by atoms with Crippen LogP contribution in [0.5, 0.6) is 0 Å². The molecule has 0 aliphatic carbocycles. The van der Waals surface area contributed by atoms with E-state index in [-0.39, 0.29) is 16.5 Å². The van der Waals surface area contributed by atoms with Gasteiger partial charge in [0.2, 0.25) is 10.0 Å². The molecule has 1 aliphatic rings. The Bertz CT molecular complexity index is 578. The van der Waals surface area contributed by atoms with Gasteiger partial charge in [0.25, 0.3) is 0 Å². The van der Waals surface area contributed by atoms with Crippen molar-refractivity contribution in [3.05, 3.63) is 18.0 Å². The second-order valence-electron chi connectivity index (χ2n) is 4.88. The number of hydrogen-bond donors (Lipinski definition) is 2. The van der Waals surface area contributed by atoms with E-state index >= 15 is 0 Å². The smallest absolute Gasteiger partial charge is 0.352 e. The van der Waals surface area contributed by atoms with Gasteiger partial charge >= 0.3 is 5.97 Å². The summed E-state index contributed by atoms with van der Waals surface area (Å²) in [6, 6.07) is 1.15. The third-order valence-electron chi connectivity index (χ3n) is 3.41. The van der Waals surface area contributed by atoms with Crippen molar-refractivity contribution in [3.63, 3.8) is 0 Å². The monoisotopic (exact) mass is 302 g/mol. The lowest BCUT2D eigenvalue weighted by Gasteiger charge is -2.31. The lowest BCUT2D eigenvalue weighted by molar-refractivity contribution is 0.0691. The summed E-state index contributed by atoms with van der Waals surface area (Å²) in [5.41, 5.74) is -0.131. The molecule has 1 unspecified atom stereocenters. The maximum Gasteiger partial charge on any atom is 0.352 e. The van der Waals surface area contributed by atoms with Gasteiger partial charge in [0.05, 0.1) is 6.61 Å². The summed E-state index contributed by atoms with van der Waals surface area (Å²) in [6.07, 6.45) is 2.94. The molecule has 1 fully saturated rings. The molecule has 1 atom stereocenters. The Labute approximate surface area is 117 Å². The maximum absolute atomic E-state index is 12.4. The number of carboxylic acid groups (broad SMARTS) is 1. The van der Waals surface area contributed by atoms with Crippen LogP contribution >= 0.6 is 0 Å². The highest BCUT2D eigenvalue weighted by molar-refractivity contribution is 7.89. The minimum atomic E-state index is -3.64. The van der Waals surface area contributed by atoms with Gasteiger partial charge in [-0.3, -0.25) is 0 Å². The Morgan fingerprint density at radius 2 is 2.35 bits per heavy atom. The van der Waals surface area contributed by atoms with E-state index in [0.29, 0.717) is 19.7 Å². The second kappa shape index (κ2) is 5.94. The summed E-state index contributed by atoms with van der Waals surface area (Å²) in [7, 11) is -2.05. The van der Waals surface area contributed by atoms with E-state index in [2.05, 4.69) is 4.98 Å². The minimum absolute atomic E-state index is 0.00651. The number of rotatable bonds is 5. The van der Waals surface area contributed by atoms with Crippen molar-refractivity contribution < 1.29 is 23.1 Å². The summed E-state index contributed by atoms with van der Waals surface area (Å²) in [6.45, 7) is 1.39. The number of aromatic nitrogens is 1. The molecule has 2 rings (SSSR count). The first kappa shape index (κ1) is 15.0. The van der Waals surface area contributed by atoms with Gasteiger partial charge in [-0.25, -0.2) is 13.2 Å². The molecule has 0 radical (unpaired) electrons. The van der Waals surface area contributed by atoms with Crippen LogP contribution in [0.3, 0.4) is 0 Å². The van der Waals surface area contributed by atoms with Gasteiger partial charge in [-0.1, -0.05) is 0 Å². The molecule has 1 aromatic heterocycles. The highest BCUT2D eigenvalue weighted by Gasteiger charge is 2.31. The number of piperidine rings is 1. The Morgan fingerprint density at radius 1 is 1.60 bits per heavy atom. The van der Waals surface area contributed by atoms with Gasteiger partial charge in [0.1, 0.15) is 10.6 Å². The van der Waals surface area contributed by atoms with Gasteiger partial charge in [0, 0.05) is 26.4 Å². The quantitative estimate of drug-likeness (QED) is 0.836. The number of H-pyrrole nitrogens is 1. The number of carboxylic acids is 1. The SMILES string of the molecule is COCC1CCCN(S(=O)(=O)c2c[nH]c(C(=O)O)c2)C1. The first-order valence-corrected chi connectivity index (χ1v) is 7.80. The second-order valence-corrected chi connectivity index (χ2v) is 6.82. The molecular formula is C12H18N2O5S. The number of aromatic amines is 1. The van der Waals surface area contributed by atoms with Crippen molar-refractivity contribution in [3.8, 4) is 0 Å². The molecule has 8 heteroatoms. The van der Waals surface area contributed by atoms with Crippen molar-refractivity contribution in [2.24, 2.45) is 5.92 Å². The molecule has 0 spiro atoms. The van der Waals surface area contributed by atoms with Crippen molar-refractivity contribution in [2.45, 2.75) is 17.7 Å². The van der Waals surface area contributed by atoms with E-state index in [4.69, 9.17) is 9.84 Å². The number of carbonyl (C=O) groups is 1. The van der Waals surface area contributed by atoms with Crippen LogP contribution in [0.1, 0.15) is 23.3 Å². The molecular weight excluding hydrogens is 284 g/mol. The van der Waals surface area contributed by atoms with E-state index in [9.17, 15) is 13.2 Å². The van der Waals surface area contributed by atoms with Crippen LogP contribution in [-0.4, -0.2) is 55.6 Å². The fraction of sp³-hybridized carbons (Fsp3) is 0.583. The lowest BCUT2D eigenvalue weighted by atomic mass is 10.0. The first-order chi connectivity index (χ1) is 9.45. The molecule has 2 N–H and O–H groups in total. The normalized spacial score (nSPS) is 20.9. The van der Waals surface area contributed by atoms with Crippen LogP contribution in [0.2, 0.25) is 0 Å². The minimum Gasteiger partial charge on any atom is -0.477 e. The van der Waals surface area contributed by atoms with Crippen LogP contribution < -0.4 is 0 Å². The van der Waals surface area contributed by atoms with Gasteiger partial charge in [-0.05, 0) is 24.8 Å². The molecule has 0 amide bonds. The molecule has 112 valence electrons. The van der Waals surface area contributed by atoms with Crippen molar-refractivity contribution in [2.75, 3.05) is 26.8 Å². The number of nitrogens with zero attached hydrogens (tertiary/aromatic N) is 1. The van der Waals surface area contributed by atoms with E-state index in [1.165, 1.54) is 10.5 Å². The van der Waals surface area contributed by atoms with E-state index in [1.54, 1.807) is 7.11 Å². The summed E-state index contributed by atoms with van der Waals surface area (Å²) >= 11 is 0. The van der Waals surface area contributed by atoms with Gasteiger partial charge in [-0.2, -0.15) is 4.31 Å². The third-order valence-corrected chi connectivity index (χ3v) is 5.25. The van der Waals surface area contributed by atoms with Crippen LogP contribution in [0.4, 0.5) is 0 Å². The average Bonchev–Trinajstić information content (AvgIpc) is 2.90. The molecule has 7 nitrogen and oxygen atoms in total. The molecule has 0 bridgehead atoms. The van der Waals surface area contributed by atoms with E-state index in [1.807, 2.05) is 0 Å². The summed E-state index contributed by atoms with van der Waals surface area (Å²) in [4.78, 5) is 13.2. The summed E-state index contributed by atoms with van der Waals surface area (Å²) < 4.78 is 31.4. The van der Waals surface area contributed by atoms with Crippen LogP contribution in [0, 0.1) is 5.92 Å². The Balaban J connectivity index is 2.18. The Morgan fingerprint density at radius 3 is 2.95 bits per heavy atom. The lowest BCUT2D eigenvalue weighted by Crippen LogP contribution is -2.40. The highest BCUT2D eigenvalue weighted by Crippen LogP contribution is 2.24. The van der Waals surface area contributed by atoms with Gasteiger partial charge in [-0.15, -0.1) is 0 Å². The number of aromatic carboxylic acids is 1. The zero-order chi connectivity index (χ0) is 14.8. The molecule has 2 heterocycles. The summed E-state index contributed by atoms with van der Waals surface area (Å²) in [5, 5.41) is 8.83. The predicted octanol–water partition coefficient (Wildman–Crippen LogP) is 0.760. The number of nitrogens with one attached hydrogen (secondary N) is 1. The topological polar surface area (TPSA) is 99.7 Å². The zero-order valence-corrected chi connectivity index (χ0v) is 12.0. The van der Waals surface area contributed by atoms with Crippen molar-refractivity contribution >= 4 is 16.0 Å².